The van der Waals surface area contributed by atoms with Gasteiger partial charge < -0.3 is 15.4 Å². The van der Waals surface area contributed by atoms with Crippen LogP contribution in [0.3, 0.4) is 0 Å². The summed E-state index contributed by atoms with van der Waals surface area (Å²) in [7, 11) is 0. The van der Waals surface area contributed by atoms with E-state index in [9.17, 15) is 20.0 Å². The smallest absolute Gasteiger partial charge is 0.293 e. The molecule has 1 aromatic carbocycles. The van der Waals surface area contributed by atoms with Crippen LogP contribution in [-0.2, 0) is 0 Å². The molecular formula is C13H18N4O4. The second-order valence-corrected chi connectivity index (χ2v) is 5.17. The fraction of sp³-hybridized carbons (Fsp3) is 0.462. The average Bonchev–Trinajstić information content (AvgIpc) is 2.95. The van der Waals surface area contributed by atoms with E-state index in [1.807, 2.05) is 0 Å². The summed E-state index contributed by atoms with van der Waals surface area (Å²) in [6, 6.07) is 4.04. The summed E-state index contributed by atoms with van der Waals surface area (Å²) < 4.78 is 0. The maximum Gasteiger partial charge on any atom is 0.293 e. The van der Waals surface area contributed by atoms with Crippen LogP contribution >= 0.6 is 0 Å². The second kappa shape index (κ2) is 6.06. The van der Waals surface area contributed by atoms with E-state index in [1.165, 1.54) is 18.2 Å². The molecule has 1 aromatic rings. The number of nitro groups is 1. The molecule has 8 nitrogen and oxygen atoms in total. The minimum Gasteiger partial charge on any atom is -0.393 e. The monoisotopic (exact) mass is 294 g/mol. The number of aliphatic hydroxyl groups excluding tert-OH is 1. The first kappa shape index (κ1) is 15.2. The summed E-state index contributed by atoms with van der Waals surface area (Å²) in [4.78, 5) is 24.3. The van der Waals surface area contributed by atoms with E-state index in [0.717, 1.165) is 6.42 Å². The van der Waals surface area contributed by atoms with Gasteiger partial charge in [0, 0.05) is 30.6 Å². The molecule has 2 unspecified atom stereocenters. The number of nitrogens with two attached hydrogens (primary N) is 1. The van der Waals surface area contributed by atoms with Gasteiger partial charge in [-0.15, -0.1) is 0 Å². The molecule has 0 radical (unpaired) electrons. The number of carbonyl (C=O) groups is 1. The van der Waals surface area contributed by atoms with E-state index < -0.39 is 11.0 Å². The average molecular weight is 294 g/mol. The largest absolute Gasteiger partial charge is 0.393 e. The molecule has 0 aliphatic carbocycles. The maximum absolute atomic E-state index is 12.4. The van der Waals surface area contributed by atoms with Crippen LogP contribution < -0.4 is 11.3 Å². The van der Waals surface area contributed by atoms with Gasteiger partial charge in [0.1, 0.15) is 5.69 Å². The van der Waals surface area contributed by atoms with Gasteiger partial charge in [0.15, 0.2) is 0 Å². The third-order valence-corrected chi connectivity index (χ3v) is 3.79. The Morgan fingerprint density at radius 1 is 1.62 bits per heavy atom. The van der Waals surface area contributed by atoms with Gasteiger partial charge in [0.05, 0.1) is 11.0 Å². The van der Waals surface area contributed by atoms with Gasteiger partial charge in [0.2, 0.25) is 0 Å². The molecule has 2 rings (SSSR count). The van der Waals surface area contributed by atoms with Gasteiger partial charge in [-0.05, 0) is 25.5 Å². The van der Waals surface area contributed by atoms with E-state index >= 15 is 0 Å². The molecule has 114 valence electrons. The number of nitrogens with one attached hydrogen (secondary N) is 1. The Balaban J connectivity index is 2.19. The number of likely N-dealkylation sites (tertiary alicyclic amines) is 1. The third kappa shape index (κ3) is 3.11. The molecule has 8 heteroatoms. The second-order valence-electron chi connectivity index (χ2n) is 5.17. The van der Waals surface area contributed by atoms with Crippen molar-refractivity contribution in [2.24, 2.45) is 11.8 Å². The van der Waals surface area contributed by atoms with Crippen LogP contribution in [0.15, 0.2) is 18.2 Å². The number of benzene rings is 1. The number of hydrogen-bond donors (Lipinski definition) is 3. The molecule has 1 saturated heterocycles. The number of anilines is 1. The lowest BCUT2D eigenvalue weighted by atomic mass is 10.0. The molecule has 1 fully saturated rings. The SMILES string of the molecule is CC(O)C1CCN(C(=O)c2ccc([N+](=O)[O-])c(NN)c2)C1. The van der Waals surface area contributed by atoms with Crippen molar-refractivity contribution in [1.29, 1.82) is 0 Å². The summed E-state index contributed by atoms with van der Waals surface area (Å²) in [6.45, 7) is 2.76. The predicted molar refractivity (Wildman–Crippen MR) is 76.6 cm³/mol. The molecule has 0 bridgehead atoms. The van der Waals surface area contributed by atoms with Crippen molar-refractivity contribution in [2.75, 3.05) is 18.5 Å². The fourth-order valence-corrected chi connectivity index (χ4v) is 2.49. The predicted octanol–water partition coefficient (Wildman–Crippen LogP) is 0.723. The van der Waals surface area contributed by atoms with Gasteiger partial charge in [-0.25, -0.2) is 0 Å². The minimum absolute atomic E-state index is 0.0686. The van der Waals surface area contributed by atoms with Crippen LogP contribution in [0.4, 0.5) is 11.4 Å². The van der Waals surface area contributed by atoms with Gasteiger partial charge in [-0.2, -0.15) is 0 Å². The lowest BCUT2D eigenvalue weighted by Gasteiger charge is -2.18. The molecule has 0 saturated carbocycles. The van der Waals surface area contributed by atoms with Crippen LogP contribution in [0.5, 0.6) is 0 Å². The zero-order valence-electron chi connectivity index (χ0n) is 11.7. The van der Waals surface area contributed by atoms with Crippen LogP contribution in [0.25, 0.3) is 0 Å². The standard InChI is InChI=1S/C13H18N4O4/c1-8(18)10-4-5-16(7-10)13(19)9-2-3-12(17(20)21)11(6-9)15-14/h2-3,6,8,10,15,18H,4-5,7,14H2,1H3. The van der Waals surface area contributed by atoms with Crippen molar-refractivity contribution < 1.29 is 14.8 Å². The Bertz CT molecular complexity index is 561. The molecule has 1 heterocycles. The Labute approximate surface area is 121 Å². The first-order valence-corrected chi connectivity index (χ1v) is 6.66. The van der Waals surface area contributed by atoms with Crippen molar-refractivity contribution in [3.8, 4) is 0 Å². The van der Waals surface area contributed by atoms with Gasteiger partial charge in [-0.3, -0.25) is 20.8 Å². The number of hydrazine groups is 1. The van der Waals surface area contributed by atoms with Crippen molar-refractivity contribution in [2.45, 2.75) is 19.4 Å². The maximum atomic E-state index is 12.4. The first-order chi connectivity index (χ1) is 9.93. The van der Waals surface area contributed by atoms with E-state index in [4.69, 9.17) is 5.84 Å². The number of aliphatic hydroxyl groups is 1. The quantitative estimate of drug-likeness (QED) is 0.427. The van der Waals surface area contributed by atoms with Crippen LogP contribution in [0, 0.1) is 16.0 Å². The Kier molecular flexibility index (Phi) is 4.39. The number of rotatable bonds is 4. The molecule has 1 aliphatic rings. The lowest BCUT2D eigenvalue weighted by molar-refractivity contribution is -0.384. The summed E-state index contributed by atoms with van der Waals surface area (Å²) in [5.41, 5.74) is 2.48. The highest BCUT2D eigenvalue weighted by Crippen LogP contribution is 2.27. The summed E-state index contributed by atoms with van der Waals surface area (Å²) >= 11 is 0. The number of carbonyl (C=O) groups excluding carboxylic acids is 1. The number of hydrogen-bond acceptors (Lipinski definition) is 6. The third-order valence-electron chi connectivity index (χ3n) is 3.79. The van der Waals surface area contributed by atoms with Crippen LogP contribution in [0.1, 0.15) is 23.7 Å². The molecule has 0 aromatic heterocycles. The topological polar surface area (TPSA) is 122 Å². The first-order valence-electron chi connectivity index (χ1n) is 6.66. The highest BCUT2D eigenvalue weighted by atomic mass is 16.6. The summed E-state index contributed by atoms with van der Waals surface area (Å²) in [5, 5.41) is 20.4. The fourth-order valence-electron chi connectivity index (χ4n) is 2.49. The molecule has 1 amide bonds. The zero-order valence-corrected chi connectivity index (χ0v) is 11.7. The molecule has 2 atom stereocenters. The normalized spacial score (nSPS) is 19.4. The lowest BCUT2D eigenvalue weighted by Crippen LogP contribution is -2.30. The van der Waals surface area contributed by atoms with Crippen LogP contribution in [0.2, 0.25) is 0 Å². The highest BCUT2D eigenvalue weighted by Gasteiger charge is 2.30. The van der Waals surface area contributed by atoms with Crippen molar-refractivity contribution in [1.82, 2.24) is 4.90 Å². The molecule has 0 spiro atoms. The Morgan fingerprint density at radius 2 is 2.33 bits per heavy atom. The van der Waals surface area contributed by atoms with Gasteiger partial charge >= 0.3 is 0 Å². The number of nitro benzene ring substituents is 1. The molecule has 1 aliphatic heterocycles. The van der Waals surface area contributed by atoms with Gasteiger partial charge in [-0.1, -0.05) is 0 Å². The van der Waals surface area contributed by atoms with Crippen molar-refractivity contribution >= 4 is 17.3 Å². The van der Waals surface area contributed by atoms with Crippen molar-refractivity contribution in [3.63, 3.8) is 0 Å². The Morgan fingerprint density at radius 3 is 2.86 bits per heavy atom. The van der Waals surface area contributed by atoms with E-state index in [0.29, 0.717) is 18.7 Å². The molecule has 21 heavy (non-hydrogen) atoms. The number of nitrogens with zero attached hydrogens (tertiary/aromatic N) is 2. The van der Waals surface area contributed by atoms with E-state index in [1.54, 1.807) is 11.8 Å². The highest BCUT2D eigenvalue weighted by molar-refractivity contribution is 5.96. The summed E-state index contributed by atoms with van der Waals surface area (Å²) in [6.07, 6.45) is 0.291. The molecule has 4 N–H and O–H groups in total. The van der Waals surface area contributed by atoms with Gasteiger partial charge in [0.25, 0.3) is 11.6 Å². The number of amides is 1. The summed E-state index contributed by atoms with van der Waals surface area (Å²) in [5.74, 6) is 5.11. The minimum atomic E-state index is -0.567. The van der Waals surface area contributed by atoms with E-state index in [-0.39, 0.29) is 23.2 Å². The number of nitrogen functional groups attached to an aromatic ring is 1. The Hall–Kier alpha value is -2.19. The van der Waals surface area contributed by atoms with Crippen molar-refractivity contribution in [3.05, 3.63) is 33.9 Å². The molecular weight excluding hydrogens is 276 g/mol. The van der Waals surface area contributed by atoms with Crippen LogP contribution in [-0.4, -0.2) is 40.0 Å². The zero-order chi connectivity index (χ0) is 15.6. The van der Waals surface area contributed by atoms with E-state index in [2.05, 4.69) is 5.43 Å².